The first-order valence-corrected chi connectivity index (χ1v) is 8.00. The summed E-state index contributed by atoms with van der Waals surface area (Å²) >= 11 is 3.38. The van der Waals surface area contributed by atoms with Gasteiger partial charge in [0.1, 0.15) is 5.56 Å². The predicted octanol–water partition coefficient (Wildman–Crippen LogP) is 2.99. The first-order valence-electron chi connectivity index (χ1n) is 7.20. The van der Waals surface area contributed by atoms with E-state index >= 15 is 0 Å². The first kappa shape index (κ1) is 16.7. The first-order chi connectivity index (χ1) is 12.0. The summed E-state index contributed by atoms with van der Waals surface area (Å²) in [6, 6.07) is 13.8. The van der Waals surface area contributed by atoms with E-state index in [0.29, 0.717) is 22.2 Å². The number of anilines is 1. The van der Waals surface area contributed by atoms with Gasteiger partial charge in [-0.3, -0.25) is 9.36 Å². The molecule has 0 radical (unpaired) electrons. The highest BCUT2D eigenvalue weighted by molar-refractivity contribution is 9.10. The lowest BCUT2D eigenvalue weighted by molar-refractivity contribution is 0.0600. The van der Waals surface area contributed by atoms with Crippen LogP contribution in [-0.2, 0) is 4.74 Å². The van der Waals surface area contributed by atoms with Gasteiger partial charge in [0.2, 0.25) is 0 Å². The van der Waals surface area contributed by atoms with Gasteiger partial charge in [-0.05, 0) is 36.4 Å². The zero-order valence-electron chi connectivity index (χ0n) is 13.1. The zero-order valence-corrected chi connectivity index (χ0v) is 14.7. The number of carbonyl (C=O) groups excluding carboxylic acids is 1. The highest BCUT2D eigenvalue weighted by Gasteiger charge is 2.22. The number of nitrogens with zero attached hydrogens (tertiary/aromatic N) is 2. The Morgan fingerprint density at radius 1 is 1.28 bits per heavy atom. The monoisotopic (exact) mass is 397 g/mol. The summed E-state index contributed by atoms with van der Waals surface area (Å²) in [5, 5.41) is 9.65. The van der Waals surface area contributed by atoms with Crippen LogP contribution in [0.4, 0.5) is 5.69 Å². The highest BCUT2D eigenvalue weighted by atomic mass is 79.9. The summed E-state index contributed by atoms with van der Waals surface area (Å²) in [4.78, 5) is 25.1. The minimum absolute atomic E-state index is 0.0621. The van der Waals surface area contributed by atoms with Gasteiger partial charge in [-0.25, -0.2) is 4.79 Å². The van der Waals surface area contributed by atoms with Crippen molar-refractivity contribution < 1.29 is 9.53 Å². The molecule has 0 bridgehead atoms. The number of ether oxygens (including phenoxy) is 1. The molecule has 0 saturated carbocycles. The molecule has 0 aliphatic heterocycles. The summed E-state index contributed by atoms with van der Waals surface area (Å²) in [6.45, 7) is 0. The molecule has 0 aliphatic rings. The van der Waals surface area contributed by atoms with Gasteiger partial charge in [0.25, 0.3) is 5.56 Å². The number of carbonyl (C=O) groups is 1. The third-order valence-corrected chi connectivity index (χ3v) is 4.29. The van der Waals surface area contributed by atoms with E-state index in [1.54, 1.807) is 42.5 Å². The number of esters is 1. The third-order valence-electron chi connectivity index (χ3n) is 3.80. The van der Waals surface area contributed by atoms with Crippen molar-refractivity contribution in [3.05, 3.63) is 68.4 Å². The van der Waals surface area contributed by atoms with Gasteiger partial charge in [0.15, 0.2) is 0 Å². The Hall–Kier alpha value is -3.11. The number of fused-ring (bicyclic) bond motifs is 1. The van der Waals surface area contributed by atoms with Gasteiger partial charge >= 0.3 is 5.97 Å². The number of nitrogens with two attached hydrogens (primary N) is 1. The topological polar surface area (TPSA) is 98.1 Å². The Labute approximate surface area is 151 Å². The summed E-state index contributed by atoms with van der Waals surface area (Å²) in [5.41, 5.74) is 6.65. The summed E-state index contributed by atoms with van der Waals surface area (Å²) in [5.74, 6) is -0.808. The summed E-state index contributed by atoms with van der Waals surface area (Å²) in [6.07, 6.45) is 0. The molecule has 7 heteroatoms. The van der Waals surface area contributed by atoms with Crippen molar-refractivity contribution in [2.24, 2.45) is 0 Å². The van der Waals surface area contributed by atoms with Crippen LogP contribution in [0.25, 0.3) is 16.6 Å². The minimum Gasteiger partial charge on any atom is -0.465 e. The number of benzene rings is 2. The second kappa shape index (κ2) is 6.42. The predicted molar refractivity (Wildman–Crippen MR) is 97.7 cm³/mol. The average molecular weight is 398 g/mol. The largest absolute Gasteiger partial charge is 0.465 e. The molecule has 0 fully saturated rings. The molecule has 1 heterocycles. The molecule has 2 N–H and O–H groups in total. The number of halogens is 1. The molecule has 6 nitrogen and oxygen atoms in total. The number of nitrogen functional groups attached to an aromatic ring is 1. The standard InChI is InChI=1S/C18H12BrN3O3/c1-25-18(24)15-16(21)13-6-5-11(19)8-14(13)22(17(15)23)12-4-2-3-10(7-12)9-20/h2-8H,21H2,1H3. The summed E-state index contributed by atoms with van der Waals surface area (Å²) in [7, 11) is 1.19. The van der Waals surface area contributed by atoms with Crippen molar-refractivity contribution in [2.45, 2.75) is 0 Å². The number of aromatic nitrogens is 1. The highest BCUT2D eigenvalue weighted by Crippen LogP contribution is 2.28. The van der Waals surface area contributed by atoms with Crippen LogP contribution in [0, 0.1) is 11.3 Å². The fourth-order valence-electron chi connectivity index (χ4n) is 2.66. The van der Waals surface area contributed by atoms with Crippen LogP contribution in [0.2, 0.25) is 0 Å². The Morgan fingerprint density at radius 3 is 2.72 bits per heavy atom. The van der Waals surface area contributed by atoms with Crippen LogP contribution in [-0.4, -0.2) is 17.6 Å². The lowest BCUT2D eigenvalue weighted by Gasteiger charge is -2.15. The fourth-order valence-corrected chi connectivity index (χ4v) is 3.01. The van der Waals surface area contributed by atoms with E-state index in [4.69, 9.17) is 15.7 Å². The van der Waals surface area contributed by atoms with Crippen molar-refractivity contribution in [3.63, 3.8) is 0 Å². The van der Waals surface area contributed by atoms with E-state index in [1.807, 2.05) is 6.07 Å². The number of hydrogen-bond donors (Lipinski definition) is 1. The van der Waals surface area contributed by atoms with Crippen molar-refractivity contribution in [3.8, 4) is 11.8 Å². The second-order valence-corrected chi connectivity index (χ2v) is 6.16. The van der Waals surface area contributed by atoms with E-state index in [-0.39, 0.29) is 11.3 Å². The van der Waals surface area contributed by atoms with Crippen molar-refractivity contribution in [2.75, 3.05) is 12.8 Å². The van der Waals surface area contributed by atoms with Crippen LogP contribution >= 0.6 is 15.9 Å². The molecule has 1 aromatic heterocycles. The molecule has 0 aliphatic carbocycles. The quantitative estimate of drug-likeness (QED) is 0.670. The third kappa shape index (κ3) is 2.77. The number of pyridine rings is 1. The van der Waals surface area contributed by atoms with Gasteiger partial charge in [-0.15, -0.1) is 0 Å². The number of nitriles is 1. The van der Waals surface area contributed by atoms with Crippen LogP contribution in [0.5, 0.6) is 0 Å². The molecule has 3 aromatic rings. The number of methoxy groups -OCH3 is 1. The lowest BCUT2D eigenvalue weighted by atomic mass is 10.1. The maximum Gasteiger partial charge on any atom is 0.345 e. The van der Waals surface area contributed by atoms with E-state index in [0.717, 1.165) is 4.47 Å². The molecule has 0 unspecified atom stereocenters. The van der Waals surface area contributed by atoms with Gasteiger partial charge in [-0.2, -0.15) is 5.26 Å². The van der Waals surface area contributed by atoms with E-state index in [1.165, 1.54) is 11.7 Å². The molecule has 2 aromatic carbocycles. The molecule has 0 spiro atoms. The normalized spacial score (nSPS) is 10.4. The molecular formula is C18H12BrN3O3. The Kier molecular flexibility index (Phi) is 4.30. The van der Waals surface area contributed by atoms with Crippen molar-refractivity contribution >= 4 is 38.5 Å². The average Bonchev–Trinajstić information content (AvgIpc) is 2.61. The van der Waals surface area contributed by atoms with E-state index in [2.05, 4.69) is 15.9 Å². The van der Waals surface area contributed by atoms with E-state index < -0.39 is 11.5 Å². The van der Waals surface area contributed by atoms with Crippen LogP contribution in [0.3, 0.4) is 0 Å². The molecule has 0 amide bonds. The van der Waals surface area contributed by atoms with Gasteiger partial charge in [0.05, 0.1) is 35.6 Å². The second-order valence-electron chi connectivity index (χ2n) is 5.24. The maximum absolute atomic E-state index is 13.0. The summed E-state index contributed by atoms with van der Waals surface area (Å²) < 4.78 is 6.81. The Morgan fingerprint density at radius 2 is 2.04 bits per heavy atom. The molecule has 0 saturated heterocycles. The van der Waals surface area contributed by atoms with Crippen LogP contribution < -0.4 is 11.3 Å². The zero-order chi connectivity index (χ0) is 18.1. The smallest absolute Gasteiger partial charge is 0.345 e. The minimum atomic E-state index is -0.808. The molecule has 124 valence electrons. The van der Waals surface area contributed by atoms with Gasteiger partial charge in [0, 0.05) is 9.86 Å². The maximum atomic E-state index is 13.0. The van der Waals surface area contributed by atoms with Crippen LogP contribution in [0.15, 0.2) is 51.7 Å². The SMILES string of the molecule is COC(=O)c1c(N)c2ccc(Br)cc2n(-c2cccc(C#N)c2)c1=O. The molecule has 3 rings (SSSR count). The van der Waals surface area contributed by atoms with Gasteiger partial charge < -0.3 is 10.5 Å². The fraction of sp³-hybridized carbons (Fsp3) is 0.0556. The lowest BCUT2D eigenvalue weighted by Crippen LogP contribution is -2.28. The molecule has 0 atom stereocenters. The molecular weight excluding hydrogens is 386 g/mol. The molecule has 25 heavy (non-hydrogen) atoms. The number of rotatable bonds is 2. The van der Waals surface area contributed by atoms with Gasteiger partial charge in [-0.1, -0.05) is 22.0 Å². The number of hydrogen-bond acceptors (Lipinski definition) is 5. The van der Waals surface area contributed by atoms with Crippen molar-refractivity contribution in [1.82, 2.24) is 4.57 Å². The Balaban J connectivity index is 2.52. The van der Waals surface area contributed by atoms with Crippen molar-refractivity contribution in [1.29, 1.82) is 5.26 Å². The van der Waals surface area contributed by atoms with E-state index in [9.17, 15) is 9.59 Å². The Bertz CT molecular complexity index is 1110. The van der Waals surface area contributed by atoms with Crippen LogP contribution in [0.1, 0.15) is 15.9 Å².